The Labute approximate surface area is 147 Å². The lowest BCUT2D eigenvalue weighted by Gasteiger charge is -2.25. The lowest BCUT2D eigenvalue weighted by Crippen LogP contribution is -2.32. The molecule has 0 saturated heterocycles. The predicted octanol–water partition coefficient (Wildman–Crippen LogP) is 3.47. The molecule has 0 fully saturated rings. The van der Waals surface area contributed by atoms with Crippen molar-refractivity contribution in [3.8, 4) is 0 Å². The summed E-state index contributed by atoms with van der Waals surface area (Å²) in [6.07, 6.45) is 9.41. The van der Waals surface area contributed by atoms with E-state index >= 15 is 0 Å². The second kappa shape index (κ2) is 7.57. The lowest BCUT2D eigenvalue weighted by molar-refractivity contribution is -0.133. The van der Waals surface area contributed by atoms with Gasteiger partial charge in [-0.15, -0.1) is 0 Å². The first-order valence-corrected chi connectivity index (χ1v) is 8.57. The molecule has 5 heteroatoms. The molecule has 0 bridgehead atoms. The van der Waals surface area contributed by atoms with Gasteiger partial charge in [0.25, 0.3) is 0 Å². The van der Waals surface area contributed by atoms with Gasteiger partial charge in [0.1, 0.15) is 5.76 Å². The molecule has 3 rings (SSSR count). The summed E-state index contributed by atoms with van der Waals surface area (Å²) in [5.41, 5.74) is 3.81. The van der Waals surface area contributed by atoms with Gasteiger partial charge in [0.05, 0.1) is 12.0 Å². The summed E-state index contributed by atoms with van der Waals surface area (Å²) in [5.74, 6) is 0.0857. The number of carbonyl (C=O) groups is 1. The first kappa shape index (κ1) is 17.3. The standard InChI is InChI=1S/C20H24N2O3/c1-15-9-13-25-19(15)17(18-8-5-10-21(18)2)7-4-12-22-11-3-6-16(14-22)20(23)24/h5-10,13H,3-4,11-12,14H2,1-2H3,(H,23,24). The van der Waals surface area contributed by atoms with Gasteiger partial charge in [-0.25, -0.2) is 4.79 Å². The highest BCUT2D eigenvalue weighted by molar-refractivity contribution is 5.87. The van der Waals surface area contributed by atoms with Crippen LogP contribution in [0.25, 0.3) is 5.57 Å². The van der Waals surface area contributed by atoms with Crippen molar-refractivity contribution in [2.24, 2.45) is 7.05 Å². The first-order valence-electron chi connectivity index (χ1n) is 8.57. The average Bonchev–Trinajstić information content (AvgIpc) is 3.21. The zero-order valence-electron chi connectivity index (χ0n) is 14.7. The Morgan fingerprint density at radius 3 is 2.88 bits per heavy atom. The number of furan rings is 1. The Hall–Kier alpha value is -2.53. The number of nitrogens with zero attached hydrogens (tertiary/aromatic N) is 2. The summed E-state index contributed by atoms with van der Waals surface area (Å²) >= 11 is 0. The van der Waals surface area contributed by atoms with Crippen molar-refractivity contribution in [1.29, 1.82) is 0 Å². The smallest absolute Gasteiger partial charge is 0.332 e. The highest BCUT2D eigenvalue weighted by atomic mass is 16.4. The second-order valence-electron chi connectivity index (χ2n) is 6.44. The fourth-order valence-electron chi connectivity index (χ4n) is 3.25. The van der Waals surface area contributed by atoms with Gasteiger partial charge in [-0.1, -0.05) is 12.2 Å². The summed E-state index contributed by atoms with van der Waals surface area (Å²) in [6.45, 7) is 4.30. The SMILES string of the molecule is Cc1ccoc1C(=CCCN1CCC=C(C(=O)O)C1)c1cccn1C. The van der Waals surface area contributed by atoms with Crippen molar-refractivity contribution in [3.05, 3.63) is 65.4 Å². The minimum Gasteiger partial charge on any atom is -0.478 e. The highest BCUT2D eigenvalue weighted by Gasteiger charge is 2.17. The molecule has 1 N–H and O–H groups in total. The van der Waals surface area contributed by atoms with Crippen LogP contribution >= 0.6 is 0 Å². The molecule has 0 amide bonds. The van der Waals surface area contributed by atoms with Crippen molar-refractivity contribution < 1.29 is 14.3 Å². The molecule has 5 nitrogen and oxygen atoms in total. The van der Waals surface area contributed by atoms with Crippen molar-refractivity contribution in [2.45, 2.75) is 19.8 Å². The lowest BCUT2D eigenvalue weighted by atomic mass is 10.0. The molecule has 0 atom stereocenters. The van der Waals surface area contributed by atoms with Gasteiger partial charge >= 0.3 is 5.97 Å². The Kier molecular flexibility index (Phi) is 5.24. The minimum absolute atomic E-state index is 0.500. The molecular formula is C20H24N2O3. The molecule has 0 saturated carbocycles. The van der Waals surface area contributed by atoms with Crippen LogP contribution in [0.5, 0.6) is 0 Å². The predicted molar refractivity (Wildman–Crippen MR) is 97.3 cm³/mol. The third kappa shape index (κ3) is 3.94. The zero-order valence-corrected chi connectivity index (χ0v) is 14.7. The summed E-state index contributed by atoms with van der Waals surface area (Å²) in [7, 11) is 2.02. The molecule has 132 valence electrons. The van der Waals surface area contributed by atoms with Gasteiger partial charge in [0.15, 0.2) is 0 Å². The summed E-state index contributed by atoms with van der Waals surface area (Å²) in [6, 6.07) is 6.08. The van der Waals surface area contributed by atoms with Gasteiger partial charge < -0.3 is 14.1 Å². The largest absolute Gasteiger partial charge is 0.478 e. The van der Waals surface area contributed by atoms with Crippen LogP contribution in [0.15, 0.2) is 52.8 Å². The zero-order chi connectivity index (χ0) is 17.8. The van der Waals surface area contributed by atoms with Crippen LogP contribution in [0.1, 0.15) is 29.9 Å². The molecule has 25 heavy (non-hydrogen) atoms. The van der Waals surface area contributed by atoms with Crippen LogP contribution in [0.2, 0.25) is 0 Å². The first-order chi connectivity index (χ1) is 12.1. The molecule has 0 unspecified atom stereocenters. The van der Waals surface area contributed by atoms with E-state index in [1.807, 2.05) is 38.4 Å². The van der Waals surface area contributed by atoms with Crippen LogP contribution in [0.4, 0.5) is 0 Å². The van der Waals surface area contributed by atoms with Gasteiger partial charge in [-0.3, -0.25) is 4.90 Å². The van der Waals surface area contributed by atoms with Gasteiger partial charge in [-0.05, 0) is 43.5 Å². The molecule has 0 aromatic carbocycles. The van der Waals surface area contributed by atoms with E-state index in [1.54, 1.807) is 6.26 Å². The molecule has 1 aliphatic rings. The van der Waals surface area contributed by atoms with Crippen molar-refractivity contribution in [3.63, 3.8) is 0 Å². The van der Waals surface area contributed by atoms with Crippen LogP contribution in [-0.2, 0) is 11.8 Å². The second-order valence-corrected chi connectivity index (χ2v) is 6.44. The third-order valence-electron chi connectivity index (χ3n) is 4.62. The molecule has 0 aliphatic carbocycles. The number of aryl methyl sites for hydroxylation is 2. The Bertz CT molecular complexity index is 768. The van der Waals surface area contributed by atoms with Gasteiger partial charge in [-0.2, -0.15) is 0 Å². The molecule has 1 aliphatic heterocycles. The number of hydrogen-bond donors (Lipinski definition) is 1. The van der Waals surface area contributed by atoms with Crippen LogP contribution in [0.3, 0.4) is 0 Å². The van der Waals surface area contributed by atoms with Gasteiger partial charge in [0, 0.05) is 44.0 Å². The van der Waals surface area contributed by atoms with Gasteiger partial charge in [0.2, 0.25) is 0 Å². The molecular weight excluding hydrogens is 316 g/mol. The van der Waals surface area contributed by atoms with E-state index in [9.17, 15) is 4.79 Å². The maximum Gasteiger partial charge on any atom is 0.332 e. The molecule has 0 spiro atoms. The summed E-state index contributed by atoms with van der Waals surface area (Å²) in [4.78, 5) is 13.3. The summed E-state index contributed by atoms with van der Waals surface area (Å²) < 4.78 is 7.80. The average molecular weight is 340 g/mol. The number of hydrogen-bond acceptors (Lipinski definition) is 3. The maximum absolute atomic E-state index is 11.1. The number of aliphatic carboxylic acids is 1. The maximum atomic E-state index is 11.1. The monoisotopic (exact) mass is 340 g/mol. The van der Waals surface area contributed by atoms with E-state index in [4.69, 9.17) is 9.52 Å². The number of carboxylic acid groups (broad SMARTS) is 1. The summed E-state index contributed by atoms with van der Waals surface area (Å²) in [5, 5.41) is 9.16. The van der Waals surface area contributed by atoms with E-state index in [-0.39, 0.29) is 0 Å². The van der Waals surface area contributed by atoms with E-state index in [1.165, 1.54) is 0 Å². The molecule has 0 radical (unpaired) electrons. The third-order valence-corrected chi connectivity index (χ3v) is 4.62. The number of aromatic nitrogens is 1. The fourth-order valence-corrected chi connectivity index (χ4v) is 3.25. The normalized spacial score (nSPS) is 16.1. The quantitative estimate of drug-likeness (QED) is 0.875. The van der Waals surface area contributed by atoms with Crippen LogP contribution in [-0.4, -0.2) is 40.2 Å². The molecule has 2 aromatic rings. The number of rotatable bonds is 6. The molecule has 3 heterocycles. The van der Waals surface area contributed by atoms with E-state index in [2.05, 4.69) is 21.6 Å². The topological polar surface area (TPSA) is 58.6 Å². The van der Waals surface area contributed by atoms with Crippen molar-refractivity contribution in [2.75, 3.05) is 19.6 Å². The van der Waals surface area contributed by atoms with E-state index in [0.29, 0.717) is 12.1 Å². The highest BCUT2D eigenvalue weighted by Crippen LogP contribution is 2.27. The van der Waals surface area contributed by atoms with E-state index in [0.717, 1.165) is 48.5 Å². The number of carboxylic acids is 1. The molecule has 2 aromatic heterocycles. The van der Waals surface area contributed by atoms with Crippen molar-refractivity contribution >= 4 is 11.5 Å². The van der Waals surface area contributed by atoms with E-state index < -0.39 is 5.97 Å². The van der Waals surface area contributed by atoms with Crippen LogP contribution < -0.4 is 0 Å². The Balaban J connectivity index is 1.74. The van der Waals surface area contributed by atoms with Crippen LogP contribution in [0, 0.1) is 6.92 Å². The van der Waals surface area contributed by atoms with Crippen molar-refractivity contribution in [1.82, 2.24) is 9.47 Å². The Morgan fingerprint density at radius 2 is 2.24 bits per heavy atom. The fraction of sp³-hybridized carbons (Fsp3) is 0.350. The minimum atomic E-state index is -0.809. The Morgan fingerprint density at radius 1 is 1.40 bits per heavy atom.